The number of nitrogens with zero attached hydrogens (tertiary/aromatic N) is 3. The van der Waals surface area contributed by atoms with Gasteiger partial charge in [-0.25, -0.2) is 4.98 Å². The Hall–Kier alpha value is -1.92. The molecular formula is C15H23N5O. The molecule has 2 rings (SSSR count). The van der Waals surface area contributed by atoms with Crippen LogP contribution in [-0.2, 0) is 13.0 Å². The van der Waals surface area contributed by atoms with Gasteiger partial charge in [0.2, 0.25) is 0 Å². The standard InChI is InChI=1S/C15H23N5O/c1-4-7-20-15(17-10-18-20)9-13(19-16)12-8-11(2)5-6-14(12)21-3/h5-6,8,10,13,19H,4,7,9,16H2,1-3H3. The lowest BCUT2D eigenvalue weighted by molar-refractivity contribution is 0.396. The molecule has 0 aliphatic heterocycles. The predicted molar refractivity (Wildman–Crippen MR) is 81.8 cm³/mol. The fraction of sp³-hybridized carbons (Fsp3) is 0.467. The van der Waals surface area contributed by atoms with Crippen molar-refractivity contribution in [3.05, 3.63) is 41.5 Å². The number of rotatable bonds is 7. The van der Waals surface area contributed by atoms with E-state index in [4.69, 9.17) is 10.6 Å². The average Bonchev–Trinajstić information content (AvgIpc) is 2.92. The first-order valence-corrected chi connectivity index (χ1v) is 7.17. The van der Waals surface area contributed by atoms with E-state index in [2.05, 4.69) is 35.4 Å². The van der Waals surface area contributed by atoms with E-state index in [9.17, 15) is 0 Å². The SMILES string of the molecule is CCCn1ncnc1CC(NN)c1cc(C)ccc1OC. The Morgan fingerprint density at radius 2 is 2.24 bits per heavy atom. The quantitative estimate of drug-likeness (QED) is 0.600. The Morgan fingerprint density at radius 3 is 2.90 bits per heavy atom. The van der Waals surface area contributed by atoms with Crippen molar-refractivity contribution in [1.82, 2.24) is 20.2 Å². The smallest absolute Gasteiger partial charge is 0.138 e. The van der Waals surface area contributed by atoms with Crippen LogP contribution in [0, 0.1) is 6.92 Å². The van der Waals surface area contributed by atoms with E-state index < -0.39 is 0 Å². The van der Waals surface area contributed by atoms with Crippen LogP contribution in [-0.4, -0.2) is 21.9 Å². The molecule has 0 aliphatic carbocycles. The van der Waals surface area contributed by atoms with E-state index in [1.165, 1.54) is 5.56 Å². The van der Waals surface area contributed by atoms with Crippen LogP contribution >= 0.6 is 0 Å². The highest BCUT2D eigenvalue weighted by Crippen LogP contribution is 2.27. The van der Waals surface area contributed by atoms with Crippen LogP contribution in [0.4, 0.5) is 0 Å². The second-order valence-corrected chi connectivity index (χ2v) is 5.07. The van der Waals surface area contributed by atoms with Gasteiger partial charge >= 0.3 is 0 Å². The maximum atomic E-state index is 5.76. The minimum absolute atomic E-state index is 0.0698. The molecule has 1 aromatic heterocycles. The molecule has 2 aromatic rings. The molecule has 21 heavy (non-hydrogen) atoms. The van der Waals surface area contributed by atoms with Crippen LogP contribution < -0.4 is 16.0 Å². The number of aromatic nitrogens is 3. The minimum Gasteiger partial charge on any atom is -0.496 e. The van der Waals surface area contributed by atoms with Gasteiger partial charge in [0.25, 0.3) is 0 Å². The van der Waals surface area contributed by atoms with Crippen molar-refractivity contribution in [1.29, 1.82) is 0 Å². The molecule has 0 saturated carbocycles. The molecule has 0 radical (unpaired) electrons. The summed E-state index contributed by atoms with van der Waals surface area (Å²) < 4.78 is 7.36. The molecule has 1 atom stereocenters. The molecule has 0 saturated heterocycles. The number of ether oxygens (including phenoxy) is 1. The monoisotopic (exact) mass is 289 g/mol. The van der Waals surface area contributed by atoms with Gasteiger partial charge in [0.05, 0.1) is 13.2 Å². The predicted octanol–water partition coefficient (Wildman–Crippen LogP) is 1.75. The fourth-order valence-electron chi connectivity index (χ4n) is 2.41. The Morgan fingerprint density at radius 1 is 1.43 bits per heavy atom. The second-order valence-electron chi connectivity index (χ2n) is 5.07. The molecule has 1 unspecified atom stereocenters. The molecule has 0 fully saturated rings. The van der Waals surface area contributed by atoms with Crippen LogP contribution in [0.25, 0.3) is 0 Å². The van der Waals surface area contributed by atoms with Gasteiger partial charge in [-0.05, 0) is 19.4 Å². The Labute approximate surface area is 125 Å². The lowest BCUT2D eigenvalue weighted by Crippen LogP contribution is -2.31. The van der Waals surface area contributed by atoms with Crippen molar-refractivity contribution < 1.29 is 4.74 Å². The van der Waals surface area contributed by atoms with Gasteiger partial charge in [0.1, 0.15) is 17.9 Å². The van der Waals surface area contributed by atoms with E-state index in [-0.39, 0.29) is 6.04 Å². The first kappa shape index (κ1) is 15.5. The molecule has 3 N–H and O–H groups in total. The summed E-state index contributed by atoms with van der Waals surface area (Å²) >= 11 is 0. The first-order valence-electron chi connectivity index (χ1n) is 7.17. The molecule has 6 heteroatoms. The summed E-state index contributed by atoms with van der Waals surface area (Å²) in [5, 5.41) is 4.25. The topological polar surface area (TPSA) is 78.0 Å². The van der Waals surface area contributed by atoms with Gasteiger partial charge in [-0.3, -0.25) is 16.0 Å². The summed E-state index contributed by atoms with van der Waals surface area (Å²) in [5.74, 6) is 7.50. The molecular weight excluding hydrogens is 266 g/mol. The van der Waals surface area contributed by atoms with Crippen LogP contribution in [0.15, 0.2) is 24.5 Å². The summed E-state index contributed by atoms with van der Waals surface area (Å²) in [6.07, 6.45) is 3.27. The molecule has 114 valence electrons. The van der Waals surface area contributed by atoms with E-state index >= 15 is 0 Å². The Kier molecular flexibility index (Phi) is 5.30. The molecule has 0 aliphatic rings. The van der Waals surface area contributed by atoms with Crippen LogP contribution in [0.2, 0.25) is 0 Å². The Balaban J connectivity index is 2.27. The highest BCUT2D eigenvalue weighted by molar-refractivity contribution is 5.39. The van der Waals surface area contributed by atoms with Crippen molar-refractivity contribution >= 4 is 0 Å². The minimum atomic E-state index is -0.0698. The Bertz CT molecular complexity index is 581. The summed E-state index contributed by atoms with van der Waals surface area (Å²) in [6, 6.07) is 6.00. The van der Waals surface area contributed by atoms with Gasteiger partial charge in [-0.15, -0.1) is 0 Å². The summed E-state index contributed by atoms with van der Waals surface area (Å²) in [6.45, 7) is 5.03. The number of nitrogens with two attached hydrogens (primary N) is 1. The van der Waals surface area contributed by atoms with Crippen LogP contribution in [0.5, 0.6) is 5.75 Å². The number of hydrogen-bond donors (Lipinski definition) is 2. The maximum Gasteiger partial charge on any atom is 0.138 e. The van der Waals surface area contributed by atoms with Crippen molar-refractivity contribution in [2.45, 2.75) is 39.3 Å². The average molecular weight is 289 g/mol. The normalized spacial score (nSPS) is 12.4. The lowest BCUT2D eigenvalue weighted by Gasteiger charge is -2.19. The third-order valence-corrected chi connectivity index (χ3v) is 3.48. The van der Waals surface area contributed by atoms with E-state index in [1.807, 2.05) is 16.8 Å². The number of benzene rings is 1. The van der Waals surface area contributed by atoms with Gasteiger partial charge in [0, 0.05) is 18.5 Å². The number of methoxy groups -OCH3 is 1. The second kappa shape index (κ2) is 7.19. The van der Waals surface area contributed by atoms with Crippen molar-refractivity contribution in [2.75, 3.05) is 7.11 Å². The van der Waals surface area contributed by atoms with Crippen LogP contribution in [0.3, 0.4) is 0 Å². The third-order valence-electron chi connectivity index (χ3n) is 3.48. The van der Waals surface area contributed by atoms with E-state index in [1.54, 1.807) is 13.4 Å². The fourth-order valence-corrected chi connectivity index (χ4v) is 2.41. The molecule has 1 aromatic carbocycles. The maximum absolute atomic E-state index is 5.76. The molecule has 0 amide bonds. The first-order chi connectivity index (χ1) is 10.2. The lowest BCUT2D eigenvalue weighted by atomic mass is 10.0. The van der Waals surface area contributed by atoms with Gasteiger partial charge in [0.15, 0.2) is 0 Å². The van der Waals surface area contributed by atoms with Crippen molar-refractivity contribution in [3.63, 3.8) is 0 Å². The highest BCUT2D eigenvalue weighted by atomic mass is 16.5. The summed E-state index contributed by atoms with van der Waals surface area (Å²) in [7, 11) is 1.67. The van der Waals surface area contributed by atoms with Crippen LogP contribution in [0.1, 0.15) is 36.3 Å². The van der Waals surface area contributed by atoms with Crippen molar-refractivity contribution in [2.24, 2.45) is 5.84 Å². The number of aryl methyl sites for hydroxylation is 2. The highest BCUT2D eigenvalue weighted by Gasteiger charge is 2.18. The van der Waals surface area contributed by atoms with Gasteiger partial charge in [-0.2, -0.15) is 5.10 Å². The largest absolute Gasteiger partial charge is 0.496 e. The summed E-state index contributed by atoms with van der Waals surface area (Å²) in [5.41, 5.74) is 5.07. The van der Waals surface area contributed by atoms with Gasteiger partial charge < -0.3 is 4.74 Å². The van der Waals surface area contributed by atoms with Gasteiger partial charge in [-0.1, -0.05) is 24.6 Å². The third kappa shape index (κ3) is 3.59. The summed E-state index contributed by atoms with van der Waals surface area (Å²) in [4.78, 5) is 4.34. The number of nitrogens with one attached hydrogen (secondary N) is 1. The zero-order valence-electron chi connectivity index (χ0n) is 12.8. The molecule has 1 heterocycles. The van der Waals surface area contributed by atoms with E-state index in [0.717, 1.165) is 30.1 Å². The number of hydrazine groups is 1. The molecule has 0 spiro atoms. The zero-order valence-corrected chi connectivity index (χ0v) is 12.8. The number of hydrogen-bond acceptors (Lipinski definition) is 5. The van der Waals surface area contributed by atoms with Crippen molar-refractivity contribution in [3.8, 4) is 5.75 Å². The van der Waals surface area contributed by atoms with E-state index in [0.29, 0.717) is 6.42 Å². The zero-order chi connectivity index (χ0) is 15.2. The molecule has 6 nitrogen and oxygen atoms in total. The molecule has 0 bridgehead atoms.